The Morgan fingerprint density at radius 1 is 1.60 bits per heavy atom. The predicted molar refractivity (Wildman–Crippen MR) is 59.4 cm³/mol. The van der Waals surface area contributed by atoms with Gasteiger partial charge in [0.25, 0.3) is 0 Å². The molecule has 0 aliphatic carbocycles. The number of nitrogens with zero attached hydrogens (tertiary/aromatic N) is 1. The fourth-order valence-electron chi connectivity index (χ4n) is 0.932. The van der Waals surface area contributed by atoms with Gasteiger partial charge in [-0.1, -0.05) is 23.6 Å². The molecule has 0 unspecified atom stereocenters. The maximum atomic E-state index is 10.5. The number of pyridine rings is 1. The van der Waals surface area contributed by atoms with Crippen LogP contribution in [0.15, 0.2) is 18.2 Å². The van der Waals surface area contributed by atoms with Crippen molar-refractivity contribution in [1.82, 2.24) is 10.3 Å². The van der Waals surface area contributed by atoms with Gasteiger partial charge in [0.05, 0.1) is 0 Å². The van der Waals surface area contributed by atoms with Crippen molar-refractivity contribution < 1.29 is 4.79 Å². The van der Waals surface area contributed by atoms with Gasteiger partial charge in [-0.15, -0.1) is 0 Å². The SMILES string of the molecule is CC(=O)NCCC#Cc1cccc(Cl)n1. The molecule has 0 fully saturated rings. The zero-order valence-electron chi connectivity index (χ0n) is 8.38. The number of hydrogen-bond donors (Lipinski definition) is 1. The van der Waals surface area contributed by atoms with Gasteiger partial charge < -0.3 is 5.32 Å². The minimum atomic E-state index is -0.0438. The van der Waals surface area contributed by atoms with Gasteiger partial charge in [0, 0.05) is 19.9 Å². The molecule has 0 atom stereocenters. The molecule has 0 saturated heterocycles. The molecule has 0 radical (unpaired) electrons. The number of amides is 1. The summed E-state index contributed by atoms with van der Waals surface area (Å²) in [4.78, 5) is 14.5. The molecule has 1 aromatic rings. The lowest BCUT2D eigenvalue weighted by Gasteiger charge is -1.94. The van der Waals surface area contributed by atoms with Crippen LogP contribution >= 0.6 is 11.6 Å². The molecular formula is C11H11ClN2O. The van der Waals surface area contributed by atoms with Gasteiger partial charge in [-0.05, 0) is 18.1 Å². The molecular weight excluding hydrogens is 212 g/mol. The Bertz CT molecular complexity index is 407. The standard InChI is InChI=1S/C11H11ClN2O/c1-9(15)13-8-3-2-5-10-6-4-7-11(12)14-10/h4,6-7H,3,8H2,1H3,(H,13,15). The number of hydrogen-bond acceptors (Lipinski definition) is 2. The van der Waals surface area contributed by atoms with Crippen molar-refractivity contribution in [3.8, 4) is 11.8 Å². The van der Waals surface area contributed by atoms with Crippen LogP contribution in [-0.4, -0.2) is 17.4 Å². The maximum absolute atomic E-state index is 10.5. The van der Waals surface area contributed by atoms with Gasteiger partial charge in [0.2, 0.25) is 5.91 Å². The summed E-state index contributed by atoms with van der Waals surface area (Å²) in [6.07, 6.45) is 0.605. The van der Waals surface area contributed by atoms with E-state index in [1.807, 2.05) is 0 Å². The first-order valence-electron chi connectivity index (χ1n) is 4.54. The van der Waals surface area contributed by atoms with Crippen molar-refractivity contribution >= 4 is 17.5 Å². The van der Waals surface area contributed by atoms with E-state index in [4.69, 9.17) is 11.6 Å². The summed E-state index contributed by atoms with van der Waals surface area (Å²) in [6.45, 7) is 2.04. The summed E-state index contributed by atoms with van der Waals surface area (Å²) in [5.41, 5.74) is 0.644. The van der Waals surface area contributed by atoms with Crippen LogP contribution in [0.1, 0.15) is 19.0 Å². The van der Waals surface area contributed by atoms with Crippen molar-refractivity contribution in [1.29, 1.82) is 0 Å². The molecule has 1 heterocycles. The van der Waals surface area contributed by atoms with E-state index in [-0.39, 0.29) is 5.91 Å². The fraction of sp³-hybridized carbons (Fsp3) is 0.273. The summed E-state index contributed by atoms with van der Waals surface area (Å²) < 4.78 is 0. The first kappa shape index (κ1) is 11.5. The Hall–Kier alpha value is -1.53. The lowest BCUT2D eigenvalue weighted by Crippen LogP contribution is -2.20. The molecule has 0 saturated carbocycles. The average molecular weight is 223 g/mol. The number of aromatic nitrogens is 1. The van der Waals surface area contributed by atoms with Crippen molar-refractivity contribution in [2.45, 2.75) is 13.3 Å². The molecule has 78 valence electrons. The maximum Gasteiger partial charge on any atom is 0.216 e. The molecule has 1 aromatic heterocycles. The molecule has 1 amide bonds. The summed E-state index contributed by atoms with van der Waals surface area (Å²) in [7, 11) is 0. The second kappa shape index (κ2) is 6.05. The second-order valence-corrected chi connectivity index (χ2v) is 3.27. The van der Waals surface area contributed by atoms with Gasteiger partial charge >= 0.3 is 0 Å². The van der Waals surface area contributed by atoms with Crippen LogP contribution < -0.4 is 5.32 Å². The number of carbonyl (C=O) groups is 1. The van der Waals surface area contributed by atoms with Gasteiger partial charge in [-0.2, -0.15) is 0 Å². The smallest absolute Gasteiger partial charge is 0.216 e. The molecule has 1 rings (SSSR count). The number of carbonyl (C=O) groups excluding carboxylic acids is 1. The van der Waals surface area contributed by atoms with E-state index >= 15 is 0 Å². The van der Waals surface area contributed by atoms with E-state index in [1.54, 1.807) is 18.2 Å². The Morgan fingerprint density at radius 2 is 2.40 bits per heavy atom. The van der Waals surface area contributed by atoms with Crippen molar-refractivity contribution in [3.63, 3.8) is 0 Å². The molecule has 0 bridgehead atoms. The third-order valence-corrected chi connectivity index (χ3v) is 1.77. The summed E-state index contributed by atoms with van der Waals surface area (Å²) >= 11 is 5.69. The summed E-state index contributed by atoms with van der Waals surface area (Å²) in [5, 5.41) is 3.09. The second-order valence-electron chi connectivity index (χ2n) is 2.88. The lowest BCUT2D eigenvalue weighted by atomic mass is 10.3. The Kier molecular flexibility index (Phi) is 4.65. The van der Waals surface area contributed by atoms with E-state index in [2.05, 4.69) is 22.1 Å². The van der Waals surface area contributed by atoms with E-state index in [0.717, 1.165) is 0 Å². The zero-order valence-corrected chi connectivity index (χ0v) is 9.14. The van der Waals surface area contributed by atoms with Crippen molar-refractivity contribution in [2.75, 3.05) is 6.54 Å². The first-order chi connectivity index (χ1) is 7.18. The molecule has 15 heavy (non-hydrogen) atoms. The monoisotopic (exact) mass is 222 g/mol. The lowest BCUT2D eigenvalue weighted by molar-refractivity contribution is -0.118. The molecule has 4 heteroatoms. The summed E-state index contributed by atoms with van der Waals surface area (Å²) in [6, 6.07) is 5.29. The normalized spacial score (nSPS) is 8.93. The zero-order chi connectivity index (χ0) is 11.1. The van der Waals surface area contributed by atoms with Crippen LogP contribution in [0.25, 0.3) is 0 Å². The number of halogens is 1. The molecule has 0 aliphatic rings. The predicted octanol–water partition coefficient (Wildman–Crippen LogP) is 1.61. The quantitative estimate of drug-likeness (QED) is 0.469. The van der Waals surface area contributed by atoms with Crippen molar-refractivity contribution in [3.05, 3.63) is 29.0 Å². The highest BCUT2D eigenvalue weighted by atomic mass is 35.5. The number of rotatable bonds is 2. The largest absolute Gasteiger partial charge is 0.355 e. The molecule has 1 N–H and O–H groups in total. The van der Waals surface area contributed by atoms with E-state index in [9.17, 15) is 4.79 Å². The topological polar surface area (TPSA) is 42.0 Å². The average Bonchev–Trinajstić information content (AvgIpc) is 2.17. The van der Waals surface area contributed by atoms with Crippen LogP contribution in [0.4, 0.5) is 0 Å². The molecule has 0 aromatic carbocycles. The van der Waals surface area contributed by atoms with Gasteiger partial charge in [-0.3, -0.25) is 4.79 Å². The van der Waals surface area contributed by atoms with Crippen LogP contribution in [0.5, 0.6) is 0 Å². The molecule has 0 aliphatic heterocycles. The van der Waals surface area contributed by atoms with Gasteiger partial charge in [0.1, 0.15) is 10.8 Å². The first-order valence-corrected chi connectivity index (χ1v) is 4.92. The van der Waals surface area contributed by atoms with E-state index < -0.39 is 0 Å². The third-order valence-electron chi connectivity index (χ3n) is 1.56. The van der Waals surface area contributed by atoms with E-state index in [0.29, 0.717) is 23.8 Å². The highest BCUT2D eigenvalue weighted by molar-refractivity contribution is 6.29. The van der Waals surface area contributed by atoms with Crippen LogP contribution in [-0.2, 0) is 4.79 Å². The van der Waals surface area contributed by atoms with Crippen LogP contribution in [0, 0.1) is 11.8 Å². The Labute approximate surface area is 93.9 Å². The molecule has 3 nitrogen and oxygen atoms in total. The van der Waals surface area contributed by atoms with E-state index in [1.165, 1.54) is 6.92 Å². The van der Waals surface area contributed by atoms with Crippen LogP contribution in [0.2, 0.25) is 5.15 Å². The number of nitrogens with one attached hydrogen (secondary N) is 1. The highest BCUT2D eigenvalue weighted by Crippen LogP contribution is 2.03. The Balaban J connectivity index is 2.41. The highest BCUT2D eigenvalue weighted by Gasteiger charge is 1.90. The fourth-order valence-corrected chi connectivity index (χ4v) is 1.10. The minimum absolute atomic E-state index is 0.0438. The Morgan fingerprint density at radius 3 is 3.07 bits per heavy atom. The third kappa shape index (κ3) is 5.04. The molecule has 0 spiro atoms. The van der Waals surface area contributed by atoms with Gasteiger partial charge in [0.15, 0.2) is 0 Å². The van der Waals surface area contributed by atoms with Crippen LogP contribution in [0.3, 0.4) is 0 Å². The van der Waals surface area contributed by atoms with Gasteiger partial charge in [-0.25, -0.2) is 4.98 Å². The van der Waals surface area contributed by atoms with Crippen molar-refractivity contribution in [2.24, 2.45) is 0 Å². The minimum Gasteiger partial charge on any atom is -0.355 e. The summed E-state index contributed by atoms with van der Waals surface area (Å²) in [5.74, 6) is 5.72.